The Morgan fingerprint density at radius 3 is 2.91 bits per heavy atom. The molecule has 3 aliphatic heterocycles. The SMILES string of the molecule is COC(=O)[C@H]1[C@H]2C(=O)N(Cc3ccccc3)C[C@@]23C=C[C@H]1O3. The van der Waals surface area contributed by atoms with Crippen LogP contribution in [0.1, 0.15) is 5.56 Å². The molecule has 0 unspecified atom stereocenters. The topological polar surface area (TPSA) is 55.8 Å². The average Bonchev–Trinajstić information content (AvgIpc) is 3.16. The number of ether oxygens (including phenoxy) is 2. The fraction of sp³-hybridized carbons (Fsp3) is 0.412. The molecule has 2 bridgehead atoms. The highest BCUT2D eigenvalue weighted by molar-refractivity contribution is 5.91. The number of esters is 1. The third kappa shape index (κ3) is 1.75. The molecule has 0 aliphatic carbocycles. The summed E-state index contributed by atoms with van der Waals surface area (Å²) in [5.41, 5.74) is 0.412. The first kappa shape index (κ1) is 13.5. The minimum atomic E-state index is -0.657. The lowest BCUT2D eigenvalue weighted by atomic mass is 9.77. The Kier molecular flexibility index (Phi) is 2.87. The molecule has 0 radical (unpaired) electrons. The molecule has 1 amide bonds. The molecule has 3 aliphatic rings. The molecular formula is C17H17NO4. The Morgan fingerprint density at radius 2 is 2.18 bits per heavy atom. The van der Waals surface area contributed by atoms with Gasteiger partial charge in [0.25, 0.3) is 0 Å². The average molecular weight is 299 g/mol. The van der Waals surface area contributed by atoms with E-state index in [4.69, 9.17) is 9.47 Å². The Morgan fingerprint density at radius 1 is 1.41 bits per heavy atom. The Balaban J connectivity index is 1.62. The lowest BCUT2D eigenvalue weighted by Gasteiger charge is -2.22. The van der Waals surface area contributed by atoms with E-state index in [-0.39, 0.29) is 18.0 Å². The van der Waals surface area contributed by atoms with Crippen molar-refractivity contribution in [1.82, 2.24) is 4.90 Å². The van der Waals surface area contributed by atoms with Crippen LogP contribution in [0.25, 0.3) is 0 Å². The molecule has 0 N–H and O–H groups in total. The third-order valence-electron chi connectivity index (χ3n) is 4.87. The molecule has 5 nitrogen and oxygen atoms in total. The van der Waals surface area contributed by atoms with Gasteiger partial charge in [-0.25, -0.2) is 0 Å². The summed E-state index contributed by atoms with van der Waals surface area (Å²) in [4.78, 5) is 26.6. The maximum Gasteiger partial charge on any atom is 0.312 e. The molecule has 0 aromatic heterocycles. The van der Waals surface area contributed by atoms with Crippen molar-refractivity contribution in [2.45, 2.75) is 18.2 Å². The second-order valence-corrected chi connectivity index (χ2v) is 6.10. The first-order valence-corrected chi connectivity index (χ1v) is 7.42. The summed E-state index contributed by atoms with van der Waals surface area (Å²) in [6.07, 6.45) is 3.50. The largest absolute Gasteiger partial charge is 0.469 e. The van der Waals surface area contributed by atoms with Crippen LogP contribution in [0.3, 0.4) is 0 Å². The van der Waals surface area contributed by atoms with Gasteiger partial charge in [-0.2, -0.15) is 0 Å². The zero-order chi connectivity index (χ0) is 15.3. The maximum atomic E-state index is 12.8. The van der Waals surface area contributed by atoms with Crippen LogP contribution in [-0.4, -0.2) is 42.1 Å². The molecule has 2 fully saturated rings. The Bertz CT molecular complexity index is 656. The number of methoxy groups -OCH3 is 1. The summed E-state index contributed by atoms with van der Waals surface area (Å²) < 4.78 is 10.9. The number of carbonyl (C=O) groups excluding carboxylic acids is 2. The number of nitrogens with zero attached hydrogens (tertiary/aromatic N) is 1. The predicted molar refractivity (Wildman–Crippen MR) is 77.6 cm³/mol. The summed E-state index contributed by atoms with van der Waals surface area (Å²) in [5, 5.41) is 0. The van der Waals surface area contributed by atoms with Gasteiger partial charge in [-0.3, -0.25) is 9.59 Å². The Labute approximate surface area is 128 Å². The van der Waals surface area contributed by atoms with Crippen molar-refractivity contribution in [1.29, 1.82) is 0 Å². The van der Waals surface area contributed by atoms with E-state index in [2.05, 4.69) is 0 Å². The zero-order valence-corrected chi connectivity index (χ0v) is 12.3. The van der Waals surface area contributed by atoms with Crippen LogP contribution in [0, 0.1) is 11.8 Å². The van der Waals surface area contributed by atoms with Gasteiger partial charge in [0.2, 0.25) is 5.91 Å². The van der Waals surface area contributed by atoms with E-state index in [0.29, 0.717) is 13.1 Å². The van der Waals surface area contributed by atoms with Gasteiger partial charge >= 0.3 is 5.97 Å². The molecule has 4 rings (SSSR count). The minimum Gasteiger partial charge on any atom is -0.469 e. The van der Waals surface area contributed by atoms with Gasteiger partial charge in [-0.15, -0.1) is 0 Å². The molecule has 114 valence electrons. The number of hydrogen-bond acceptors (Lipinski definition) is 4. The molecule has 0 saturated carbocycles. The standard InChI is InChI=1S/C17H17NO4/c1-21-16(20)13-12-7-8-17(22-12)10-18(15(19)14(13)17)9-11-5-3-2-4-6-11/h2-8,12-14H,9-10H2,1H3/t12-,13-,14+,17+/m1/s1. The first-order chi connectivity index (χ1) is 10.6. The molecule has 5 heteroatoms. The summed E-state index contributed by atoms with van der Waals surface area (Å²) >= 11 is 0. The second kappa shape index (κ2) is 4.68. The van der Waals surface area contributed by atoms with Crippen LogP contribution in [0.15, 0.2) is 42.5 Å². The van der Waals surface area contributed by atoms with Gasteiger partial charge in [0.05, 0.1) is 25.7 Å². The number of hydrogen-bond donors (Lipinski definition) is 0. The highest BCUT2D eigenvalue weighted by Gasteiger charge is 2.67. The van der Waals surface area contributed by atoms with E-state index < -0.39 is 17.4 Å². The molecule has 2 saturated heterocycles. The molecule has 1 aromatic rings. The van der Waals surface area contributed by atoms with Gasteiger partial charge in [-0.05, 0) is 5.56 Å². The number of amides is 1. The van der Waals surface area contributed by atoms with Crippen molar-refractivity contribution in [2.75, 3.05) is 13.7 Å². The van der Waals surface area contributed by atoms with Crippen molar-refractivity contribution >= 4 is 11.9 Å². The summed E-state index contributed by atoms with van der Waals surface area (Å²) in [5.74, 6) is -1.37. The number of likely N-dealkylation sites (tertiary alicyclic amines) is 1. The van der Waals surface area contributed by atoms with Crippen LogP contribution in [0.2, 0.25) is 0 Å². The fourth-order valence-corrected chi connectivity index (χ4v) is 3.92. The normalized spacial score (nSPS) is 35.0. The van der Waals surface area contributed by atoms with Crippen molar-refractivity contribution in [3.8, 4) is 0 Å². The Hall–Kier alpha value is -2.14. The monoisotopic (exact) mass is 299 g/mol. The van der Waals surface area contributed by atoms with Gasteiger partial charge < -0.3 is 14.4 Å². The second-order valence-electron chi connectivity index (χ2n) is 6.10. The molecule has 1 aromatic carbocycles. The van der Waals surface area contributed by atoms with E-state index in [1.165, 1.54) is 7.11 Å². The molecule has 4 atom stereocenters. The lowest BCUT2D eigenvalue weighted by Crippen LogP contribution is -2.39. The highest BCUT2D eigenvalue weighted by atomic mass is 16.5. The van der Waals surface area contributed by atoms with E-state index in [1.54, 1.807) is 4.90 Å². The smallest absolute Gasteiger partial charge is 0.312 e. The van der Waals surface area contributed by atoms with Crippen LogP contribution in [-0.2, 0) is 25.6 Å². The molecule has 22 heavy (non-hydrogen) atoms. The van der Waals surface area contributed by atoms with E-state index in [9.17, 15) is 9.59 Å². The van der Waals surface area contributed by atoms with Crippen molar-refractivity contribution in [3.63, 3.8) is 0 Å². The van der Waals surface area contributed by atoms with Crippen molar-refractivity contribution in [2.24, 2.45) is 11.8 Å². The minimum absolute atomic E-state index is 0.0221. The van der Waals surface area contributed by atoms with Crippen LogP contribution in [0.5, 0.6) is 0 Å². The molecular weight excluding hydrogens is 282 g/mol. The maximum absolute atomic E-state index is 12.8. The van der Waals surface area contributed by atoms with Crippen LogP contribution in [0.4, 0.5) is 0 Å². The van der Waals surface area contributed by atoms with Gasteiger partial charge in [0, 0.05) is 6.54 Å². The lowest BCUT2D eigenvalue weighted by molar-refractivity contribution is -0.151. The van der Waals surface area contributed by atoms with Gasteiger partial charge in [-0.1, -0.05) is 42.5 Å². The van der Waals surface area contributed by atoms with Crippen molar-refractivity contribution < 1.29 is 19.1 Å². The van der Waals surface area contributed by atoms with E-state index in [0.717, 1.165) is 5.56 Å². The fourth-order valence-electron chi connectivity index (χ4n) is 3.92. The number of rotatable bonds is 3. The summed E-state index contributed by atoms with van der Waals surface area (Å²) in [7, 11) is 1.35. The van der Waals surface area contributed by atoms with Gasteiger partial charge in [0.1, 0.15) is 11.5 Å². The molecule has 3 heterocycles. The predicted octanol–water partition coefficient (Wildman–Crippen LogP) is 1.14. The first-order valence-electron chi connectivity index (χ1n) is 7.42. The molecule has 1 spiro atoms. The highest BCUT2D eigenvalue weighted by Crippen LogP contribution is 2.52. The quantitative estimate of drug-likeness (QED) is 0.620. The van der Waals surface area contributed by atoms with Crippen molar-refractivity contribution in [3.05, 3.63) is 48.0 Å². The van der Waals surface area contributed by atoms with E-state index >= 15 is 0 Å². The van der Waals surface area contributed by atoms with Crippen LogP contribution < -0.4 is 0 Å². The summed E-state index contributed by atoms with van der Waals surface area (Å²) in [6, 6.07) is 9.84. The summed E-state index contributed by atoms with van der Waals surface area (Å²) in [6.45, 7) is 1.03. The van der Waals surface area contributed by atoms with Gasteiger partial charge in [0.15, 0.2) is 0 Å². The number of fused-ring (bicyclic) bond motifs is 1. The van der Waals surface area contributed by atoms with E-state index in [1.807, 2.05) is 42.5 Å². The number of benzene rings is 1. The van der Waals surface area contributed by atoms with Crippen LogP contribution >= 0.6 is 0 Å². The number of carbonyl (C=O) groups is 2. The zero-order valence-electron chi connectivity index (χ0n) is 12.3. The third-order valence-corrected chi connectivity index (χ3v) is 4.87.